The van der Waals surface area contributed by atoms with E-state index in [4.69, 9.17) is 0 Å². The van der Waals surface area contributed by atoms with Crippen molar-refractivity contribution < 1.29 is 18.7 Å². The van der Waals surface area contributed by atoms with Crippen molar-refractivity contribution >= 4 is 45.3 Å². The number of esters is 1. The van der Waals surface area contributed by atoms with Crippen LogP contribution in [0.2, 0.25) is 0 Å². The number of methoxy groups -OCH3 is 1. The fraction of sp³-hybridized carbons (Fsp3) is 0.333. The predicted octanol–water partition coefficient (Wildman–Crippen LogP) is 3.20. The van der Waals surface area contributed by atoms with Gasteiger partial charge in [0.1, 0.15) is 11.1 Å². The molecule has 1 aromatic rings. The monoisotopic (exact) mass is 349 g/mol. The van der Waals surface area contributed by atoms with Crippen molar-refractivity contribution in [2.75, 3.05) is 12.4 Å². The first-order valence-corrected chi connectivity index (χ1v) is 7.03. The molecule has 0 aliphatic carbocycles. The van der Waals surface area contributed by atoms with E-state index in [0.29, 0.717) is 9.37 Å². The number of halogens is 2. The molecule has 0 heterocycles. The van der Waals surface area contributed by atoms with Crippen LogP contribution in [0.25, 0.3) is 0 Å². The topological polar surface area (TPSA) is 55.4 Å². The minimum atomic E-state index is -0.544. The lowest BCUT2D eigenvalue weighted by Gasteiger charge is -2.12. The summed E-state index contributed by atoms with van der Waals surface area (Å²) in [6.45, 7) is 2.98. The Kier molecular flexibility index (Phi) is 5.81. The van der Waals surface area contributed by atoms with Gasteiger partial charge in [-0.25, -0.2) is 4.39 Å². The third-order valence-electron chi connectivity index (χ3n) is 2.17. The second-order valence-electron chi connectivity index (χ2n) is 3.73. The first-order valence-electron chi connectivity index (χ1n) is 5.36. The highest BCUT2D eigenvalue weighted by atomic mass is 79.9. The van der Waals surface area contributed by atoms with Gasteiger partial charge in [0, 0.05) is 16.3 Å². The molecule has 104 valence electrons. The average Bonchev–Trinajstić information content (AvgIpc) is 2.33. The summed E-state index contributed by atoms with van der Waals surface area (Å²) in [5.74, 6) is -1.28. The van der Waals surface area contributed by atoms with Crippen LogP contribution < -0.4 is 5.32 Å². The van der Waals surface area contributed by atoms with E-state index in [9.17, 15) is 14.0 Å². The molecule has 0 saturated heterocycles. The van der Waals surface area contributed by atoms with Crippen molar-refractivity contribution in [3.05, 3.63) is 22.4 Å². The molecule has 0 aliphatic rings. The van der Waals surface area contributed by atoms with Crippen LogP contribution in [-0.4, -0.2) is 24.2 Å². The summed E-state index contributed by atoms with van der Waals surface area (Å²) >= 11 is 4.43. The third kappa shape index (κ3) is 4.50. The molecule has 1 aromatic carbocycles. The smallest absolute Gasteiger partial charge is 0.318 e. The molecule has 1 amide bonds. The molecule has 4 nitrogen and oxygen atoms in total. The highest BCUT2D eigenvalue weighted by molar-refractivity contribution is 9.10. The van der Waals surface area contributed by atoms with Gasteiger partial charge in [0.25, 0.3) is 0 Å². The van der Waals surface area contributed by atoms with Crippen molar-refractivity contribution in [1.29, 1.82) is 0 Å². The van der Waals surface area contributed by atoms with Crippen LogP contribution in [0.5, 0.6) is 0 Å². The average molecular weight is 350 g/mol. The van der Waals surface area contributed by atoms with E-state index < -0.39 is 11.1 Å². The second-order valence-corrected chi connectivity index (χ2v) is 5.96. The molecule has 1 rings (SSSR count). The fourth-order valence-corrected chi connectivity index (χ4v) is 2.84. The molecule has 0 fully saturated rings. The van der Waals surface area contributed by atoms with E-state index in [1.165, 1.54) is 37.9 Å². The van der Waals surface area contributed by atoms with E-state index >= 15 is 0 Å². The number of ether oxygens (including phenoxy) is 1. The maximum absolute atomic E-state index is 13.6. The van der Waals surface area contributed by atoms with Crippen molar-refractivity contribution in [2.24, 2.45) is 0 Å². The van der Waals surface area contributed by atoms with Crippen LogP contribution >= 0.6 is 27.7 Å². The molecule has 1 unspecified atom stereocenters. The molecule has 1 N–H and O–H groups in total. The van der Waals surface area contributed by atoms with Crippen LogP contribution in [0.3, 0.4) is 0 Å². The van der Waals surface area contributed by atoms with Crippen molar-refractivity contribution in [3.8, 4) is 0 Å². The predicted molar refractivity (Wildman–Crippen MR) is 75.7 cm³/mol. The maximum atomic E-state index is 13.6. The number of anilines is 1. The van der Waals surface area contributed by atoms with E-state index in [0.717, 1.165) is 0 Å². The molecule has 0 aromatic heterocycles. The Labute approximate surface area is 123 Å². The number of carbonyl (C=O) groups is 2. The van der Waals surface area contributed by atoms with Crippen molar-refractivity contribution in [1.82, 2.24) is 0 Å². The molecule has 0 saturated carbocycles. The summed E-state index contributed by atoms with van der Waals surface area (Å²) in [6.07, 6.45) is 0. The van der Waals surface area contributed by atoms with Crippen LogP contribution in [0, 0.1) is 5.82 Å². The van der Waals surface area contributed by atoms with Gasteiger partial charge in [-0.1, -0.05) is 0 Å². The Hall–Kier alpha value is -1.08. The molecule has 0 aliphatic heterocycles. The van der Waals surface area contributed by atoms with Gasteiger partial charge in [-0.2, -0.15) is 0 Å². The summed E-state index contributed by atoms with van der Waals surface area (Å²) in [4.78, 5) is 23.0. The molecule has 0 bridgehead atoms. The van der Waals surface area contributed by atoms with Gasteiger partial charge < -0.3 is 10.1 Å². The summed E-state index contributed by atoms with van der Waals surface area (Å²) < 4.78 is 18.7. The number of hydrogen-bond acceptors (Lipinski definition) is 4. The summed E-state index contributed by atoms with van der Waals surface area (Å²) in [6, 6.07) is 2.72. The largest absolute Gasteiger partial charge is 0.468 e. The Morgan fingerprint density at radius 2 is 2.11 bits per heavy atom. The zero-order valence-corrected chi connectivity index (χ0v) is 13.0. The normalized spacial score (nSPS) is 11.8. The quantitative estimate of drug-likeness (QED) is 0.669. The lowest BCUT2D eigenvalue weighted by Crippen LogP contribution is -2.14. The first kappa shape index (κ1) is 16.0. The SMILES string of the molecule is COC(=O)C(C)Sc1cc(NC(C)=O)c(F)cc1Br. The number of benzene rings is 1. The number of amides is 1. The van der Waals surface area contributed by atoms with Crippen LogP contribution in [-0.2, 0) is 14.3 Å². The number of rotatable bonds is 4. The van der Waals surface area contributed by atoms with E-state index in [1.54, 1.807) is 6.92 Å². The number of nitrogens with one attached hydrogen (secondary N) is 1. The van der Waals surface area contributed by atoms with Gasteiger partial charge in [-0.15, -0.1) is 11.8 Å². The van der Waals surface area contributed by atoms with Gasteiger partial charge in [-0.3, -0.25) is 9.59 Å². The van der Waals surface area contributed by atoms with Gasteiger partial charge in [0.05, 0.1) is 12.8 Å². The Balaban J connectivity index is 3.00. The van der Waals surface area contributed by atoms with E-state index in [2.05, 4.69) is 26.0 Å². The van der Waals surface area contributed by atoms with Crippen LogP contribution in [0.4, 0.5) is 10.1 Å². The Morgan fingerprint density at radius 3 is 2.63 bits per heavy atom. The molecule has 1 atom stereocenters. The number of thioether (sulfide) groups is 1. The fourth-order valence-electron chi connectivity index (χ4n) is 1.31. The molecular weight excluding hydrogens is 337 g/mol. The van der Waals surface area contributed by atoms with Gasteiger partial charge in [0.15, 0.2) is 0 Å². The molecular formula is C12H13BrFNO3S. The lowest BCUT2D eigenvalue weighted by molar-refractivity contribution is -0.139. The molecule has 0 radical (unpaired) electrons. The summed E-state index contributed by atoms with van der Waals surface area (Å²) in [7, 11) is 1.31. The van der Waals surface area contributed by atoms with Crippen molar-refractivity contribution in [3.63, 3.8) is 0 Å². The van der Waals surface area contributed by atoms with Gasteiger partial charge in [-0.05, 0) is 35.0 Å². The third-order valence-corrected chi connectivity index (χ3v) is 4.23. The first-order chi connectivity index (χ1) is 8.85. The summed E-state index contributed by atoms with van der Waals surface area (Å²) in [5.41, 5.74) is 0.0789. The maximum Gasteiger partial charge on any atom is 0.318 e. The Morgan fingerprint density at radius 1 is 1.47 bits per heavy atom. The van der Waals surface area contributed by atoms with Crippen LogP contribution in [0.15, 0.2) is 21.5 Å². The minimum Gasteiger partial charge on any atom is -0.468 e. The molecule has 19 heavy (non-hydrogen) atoms. The lowest BCUT2D eigenvalue weighted by atomic mass is 10.3. The molecule has 7 heteroatoms. The van der Waals surface area contributed by atoms with E-state index in [1.807, 2.05) is 0 Å². The van der Waals surface area contributed by atoms with E-state index in [-0.39, 0.29) is 17.6 Å². The Bertz CT molecular complexity index is 510. The zero-order chi connectivity index (χ0) is 14.6. The standard InChI is InChI=1S/C12H13BrFNO3S/c1-6(12(17)18-3)19-11-5-10(15-7(2)16)9(14)4-8(11)13/h4-6H,1-3H3,(H,15,16). The van der Waals surface area contributed by atoms with Crippen LogP contribution in [0.1, 0.15) is 13.8 Å². The molecule has 0 spiro atoms. The van der Waals surface area contributed by atoms with Gasteiger partial charge in [0.2, 0.25) is 5.91 Å². The minimum absolute atomic E-state index is 0.0789. The highest BCUT2D eigenvalue weighted by Crippen LogP contribution is 2.34. The number of carbonyl (C=O) groups excluding carboxylic acids is 2. The van der Waals surface area contributed by atoms with Crippen molar-refractivity contribution in [2.45, 2.75) is 24.0 Å². The number of hydrogen-bond donors (Lipinski definition) is 1. The van der Waals surface area contributed by atoms with Gasteiger partial charge >= 0.3 is 5.97 Å². The summed E-state index contributed by atoms with van der Waals surface area (Å²) in [5, 5.41) is 1.96. The highest BCUT2D eigenvalue weighted by Gasteiger charge is 2.18. The zero-order valence-electron chi connectivity index (χ0n) is 10.6. The second kappa shape index (κ2) is 6.91.